The molecule has 1 aromatic heterocycles. The first kappa shape index (κ1) is 13.1. The van der Waals surface area contributed by atoms with Crippen LogP contribution in [0.15, 0.2) is 12.1 Å². The first-order valence-electron chi connectivity index (χ1n) is 5.48. The van der Waals surface area contributed by atoms with Crippen LogP contribution >= 0.6 is 23.2 Å². The van der Waals surface area contributed by atoms with Crippen LogP contribution in [0.3, 0.4) is 0 Å². The third kappa shape index (κ3) is 2.91. The van der Waals surface area contributed by atoms with Gasteiger partial charge in [0.15, 0.2) is 0 Å². The van der Waals surface area contributed by atoms with E-state index in [4.69, 9.17) is 23.2 Å². The first-order valence-corrected chi connectivity index (χ1v) is 6.24. The Balaban J connectivity index is 2.09. The van der Waals surface area contributed by atoms with Crippen LogP contribution in [0.5, 0.6) is 0 Å². The van der Waals surface area contributed by atoms with E-state index < -0.39 is 11.9 Å². The molecule has 0 bridgehead atoms. The molecule has 2 heterocycles. The number of amides is 2. The molecule has 1 aliphatic rings. The number of hydrogen-bond acceptors (Lipinski definition) is 3. The lowest BCUT2D eigenvalue weighted by Crippen LogP contribution is -2.50. The number of aromatic nitrogens is 1. The molecule has 1 aliphatic heterocycles. The second-order valence-electron chi connectivity index (χ2n) is 3.93. The number of carbonyl (C=O) groups excluding carboxylic acids is 2. The highest BCUT2D eigenvalue weighted by molar-refractivity contribution is 6.34. The van der Waals surface area contributed by atoms with Crippen molar-refractivity contribution in [3.05, 3.63) is 28.0 Å². The molecule has 0 spiro atoms. The van der Waals surface area contributed by atoms with E-state index in [0.29, 0.717) is 13.0 Å². The standard InChI is InChI=1S/C11H11Cl2N3O2/c12-8-4-3-6(9(13)16-8)10(17)15-7-2-1-5-14-11(7)18/h3-4,7H,1-2,5H2,(H,14,18)(H,15,17). The molecule has 2 amide bonds. The first-order chi connectivity index (χ1) is 8.58. The molecule has 1 saturated heterocycles. The van der Waals surface area contributed by atoms with Crippen LogP contribution in [0.25, 0.3) is 0 Å². The van der Waals surface area contributed by atoms with Crippen LogP contribution in [-0.4, -0.2) is 29.4 Å². The summed E-state index contributed by atoms with van der Waals surface area (Å²) >= 11 is 11.5. The number of nitrogens with zero attached hydrogens (tertiary/aromatic N) is 1. The number of nitrogens with one attached hydrogen (secondary N) is 2. The lowest BCUT2D eigenvalue weighted by molar-refractivity contribution is -0.124. The van der Waals surface area contributed by atoms with Crippen molar-refractivity contribution in [1.29, 1.82) is 0 Å². The van der Waals surface area contributed by atoms with Gasteiger partial charge >= 0.3 is 0 Å². The van der Waals surface area contributed by atoms with Gasteiger partial charge < -0.3 is 10.6 Å². The summed E-state index contributed by atoms with van der Waals surface area (Å²) in [4.78, 5) is 27.2. The van der Waals surface area contributed by atoms with Crippen molar-refractivity contribution < 1.29 is 9.59 Å². The van der Waals surface area contributed by atoms with Crippen molar-refractivity contribution in [2.45, 2.75) is 18.9 Å². The molecule has 0 aromatic carbocycles. The summed E-state index contributed by atoms with van der Waals surface area (Å²) in [6, 6.07) is 2.44. The average Bonchev–Trinajstić information content (AvgIpc) is 2.32. The number of piperidine rings is 1. The third-order valence-electron chi connectivity index (χ3n) is 2.65. The molecule has 0 aliphatic carbocycles. The summed E-state index contributed by atoms with van der Waals surface area (Å²) in [5, 5.41) is 5.56. The topological polar surface area (TPSA) is 71.1 Å². The minimum atomic E-state index is -0.516. The fourth-order valence-electron chi connectivity index (χ4n) is 1.73. The van der Waals surface area contributed by atoms with Gasteiger partial charge in [0, 0.05) is 6.54 Å². The van der Waals surface area contributed by atoms with Crippen LogP contribution in [0.2, 0.25) is 10.3 Å². The van der Waals surface area contributed by atoms with Gasteiger partial charge in [-0.1, -0.05) is 23.2 Å². The molecular weight excluding hydrogens is 277 g/mol. The molecule has 0 saturated carbocycles. The molecule has 7 heteroatoms. The maximum Gasteiger partial charge on any atom is 0.255 e. The Morgan fingerprint density at radius 3 is 2.89 bits per heavy atom. The molecule has 1 aromatic rings. The maximum absolute atomic E-state index is 11.9. The summed E-state index contributed by atoms with van der Waals surface area (Å²) in [5.41, 5.74) is 0.208. The minimum absolute atomic E-state index is 0.0243. The molecule has 2 rings (SSSR count). The van der Waals surface area contributed by atoms with Gasteiger partial charge in [0.2, 0.25) is 5.91 Å². The predicted octanol–water partition coefficient (Wildman–Crippen LogP) is 1.40. The number of hydrogen-bond donors (Lipinski definition) is 2. The van der Waals surface area contributed by atoms with Crippen molar-refractivity contribution in [1.82, 2.24) is 15.6 Å². The van der Waals surface area contributed by atoms with Gasteiger partial charge in [-0.15, -0.1) is 0 Å². The van der Waals surface area contributed by atoms with Crippen LogP contribution in [-0.2, 0) is 4.79 Å². The molecule has 96 valence electrons. The largest absolute Gasteiger partial charge is 0.354 e. The SMILES string of the molecule is O=C(NC1CCCNC1=O)c1ccc(Cl)nc1Cl. The van der Waals surface area contributed by atoms with Crippen LogP contribution in [0, 0.1) is 0 Å². The Morgan fingerprint density at radius 2 is 2.22 bits per heavy atom. The number of carbonyl (C=O) groups is 2. The van der Waals surface area contributed by atoms with Gasteiger partial charge in [-0.2, -0.15) is 0 Å². The van der Waals surface area contributed by atoms with E-state index in [1.807, 2.05) is 0 Å². The van der Waals surface area contributed by atoms with Gasteiger partial charge in [0.25, 0.3) is 5.91 Å². The van der Waals surface area contributed by atoms with E-state index in [1.54, 1.807) is 0 Å². The third-order valence-corrected chi connectivity index (χ3v) is 3.15. The molecule has 0 radical (unpaired) electrons. The second kappa shape index (κ2) is 5.54. The zero-order valence-corrected chi connectivity index (χ0v) is 10.9. The lowest BCUT2D eigenvalue weighted by atomic mass is 10.1. The summed E-state index contributed by atoms with van der Waals surface area (Å²) < 4.78 is 0. The maximum atomic E-state index is 11.9. The van der Waals surface area contributed by atoms with Crippen molar-refractivity contribution in [3.8, 4) is 0 Å². The fourth-order valence-corrected chi connectivity index (χ4v) is 2.16. The summed E-state index contributed by atoms with van der Waals surface area (Å²) in [7, 11) is 0. The van der Waals surface area contributed by atoms with E-state index in [0.717, 1.165) is 6.42 Å². The monoisotopic (exact) mass is 287 g/mol. The Bertz CT molecular complexity index is 493. The number of halogens is 2. The van der Waals surface area contributed by atoms with Crippen LogP contribution in [0.4, 0.5) is 0 Å². The Hall–Kier alpha value is -1.33. The minimum Gasteiger partial charge on any atom is -0.354 e. The Kier molecular flexibility index (Phi) is 4.04. The van der Waals surface area contributed by atoms with Crippen molar-refractivity contribution in [2.24, 2.45) is 0 Å². The van der Waals surface area contributed by atoms with Crippen molar-refractivity contribution in [3.63, 3.8) is 0 Å². The zero-order chi connectivity index (χ0) is 13.1. The highest BCUT2D eigenvalue weighted by Gasteiger charge is 2.24. The Labute approximate surface area is 114 Å². The molecule has 1 atom stereocenters. The molecule has 1 fully saturated rings. The summed E-state index contributed by atoms with van der Waals surface area (Å²) in [5.74, 6) is -0.598. The smallest absolute Gasteiger partial charge is 0.255 e. The van der Waals surface area contributed by atoms with Crippen molar-refractivity contribution in [2.75, 3.05) is 6.54 Å². The van der Waals surface area contributed by atoms with E-state index in [2.05, 4.69) is 15.6 Å². The molecular formula is C11H11Cl2N3O2. The number of pyridine rings is 1. The molecule has 5 nitrogen and oxygen atoms in total. The van der Waals surface area contributed by atoms with E-state index >= 15 is 0 Å². The van der Waals surface area contributed by atoms with Gasteiger partial charge in [0.05, 0.1) is 5.56 Å². The second-order valence-corrected chi connectivity index (χ2v) is 4.68. The molecule has 1 unspecified atom stereocenters. The lowest BCUT2D eigenvalue weighted by Gasteiger charge is -2.22. The normalized spacial score (nSPS) is 19.2. The van der Waals surface area contributed by atoms with Crippen molar-refractivity contribution >= 4 is 35.0 Å². The van der Waals surface area contributed by atoms with Crippen LogP contribution in [0.1, 0.15) is 23.2 Å². The Morgan fingerprint density at radius 1 is 1.44 bits per heavy atom. The van der Waals surface area contributed by atoms with Gasteiger partial charge in [-0.3, -0.25) is 9.59 Å². The van der Waals surface area contributed by atoms with E-state index in [1.165, 1.54) is 12.1 Å². The van der Waals surface area contributed by atoms with Gasteiger partial charge in [-0.05, 0) is 25.0 Å². The molecule has 2 N–H and O–H groups in total. The van der Waals surface area contributed by atoms with E-state index in [9.17, 15) is 9.59 Å². The highest BCUT2D eigenvalue weighted by Crippen LogP contribution is 2.17. The highest BCUT2D eigenvalue weighted by atomic mass is 35.5. The summed E-state index contributed by atoms with van der Waals surface area (Å²) in [6.07, 6.45) is 1.46. The number of rotatable bonds is 2. The average molecular weight is 288 g/mol. The molecule has 18 heavy (non-hydrogen) atoms. The van der Waals surface area contributed by atoms with Crippen LogP contribution < -0.4 is 10.6 Å². The van der Waals surface area contributed by atoms with E-state index in [-0.39, 0.29) is 21.8 Å². The van der Waals surface area contributed by atoms with Gasteiger partial charge in [0.1, 0.15) is 16.3 Å². The zero-order valence-electron chi connectivity index (χ0n) is 9.37. The predicted molar refractivity (Wildman–Crippen MR) is 67.8 cm³/mol. The quantitative estimate of drug-likeness (QED) is 0.808. The summed E-state index contributed by atoms with van der Waals surface area (Å²) in [6.45, 7) is 0.647. The fraction of sp³-hybridized carbons (Fsp3) is 0.364. The van der Waals surface area contributed by atoms with Gasteiger partial charge in [-0.25, -0.2) is 4.98 Å².